The van der Waals surface area contributed by atoms with Crippen LogP contribution in [0.25, 0.3) is 0 Å². The van der Waals surface area contributed by atoms with E-state index in [9.17, 15) is 9.59 Å². The molecular weight excluding hydrogens is 171 g/mol. The molecule has 0 aliphatic heterocycles. The van der Waals surface area contributed by atoms with Gasteiger partial charge >= 0.3 is 43.8 Å². The van der Waals surface area contributed by atoms with Crippen LogP contribution in [0.15, 0.2) is 0 Å². The summed E-state index contributed by atoms with van der Waals surface area (Å²) in [5.41, 5.74) is 0. The van der Waals surface area contributed by atoms with Gasteiger partial charge in [-0.2, -0.15) is 0 Å². The van der Waals surface area contributed by atoms with E-state index >= 15 is 0 Å². The first kappa shape index (κ1) is 5.21. The van der Waals surface area contributed by atoms with Crippen LogP contribution >= 0.6 is 0 Å². The van der Waals surface area contributed by atoms with Gasteiger partial charge in [0.15, 0.2) is 0 Å². The van der Waals surface area contributed by atoms with Gasteiger partial charge in [-0.25, -0.2) is 0 Å². The van der Waals surface area contributed by atoms with Gasteiger partial charge in [0.25, 0.3) is 0 Å². The number of hydrogen-bond donors (Lipinski definition) is 0. The molecule has 0 bridgehead atoms. The summed E-state index contributed by atoms with van der Waals surface area (Å²) < 4.78 is -0.216. The minimum atomic E-state index is -0.216. The van der Waals surface area contributed by atoms with Crippen LogP contribution in [0.2, 0.25) is 0 Å². The molecule has 5 heavy (non-hydrogen) atoms. The van der Waals surface area contributed by atoms with E-state index in [1.807, 2.05) is 0 Å². The molecule has 0 radical (unpaired) electrons. The first-order chi connectivity index (χ1) is 2.27. The molecule has 26 valence electrons. The zero-order valence-electron chi connectivity index (χ0n) is 2.89. The summed E-state index contributed by atoms with van der Waals surface area (Å²) in [7, 11) is 0. The zero-order chi connectivity index (χ0) is 4.28. The first-order valence-electron chi connectivity index (χ1n) is 1.23. The third-order valence-corrected chi connectivity index (χ3v) is 0.839. The topological polar surface area (TPSA) is 34.1 Å². The first-order valence-corrected chi connectivity index (χ1v) is 4.08. The Hall–Kier alpha value is 0.210. The summed E-state index contributed by atoms with van der Waals surface area (Å²) in [6.45, 7) is 0. The van der Waals surface area contributed by atoms with Crippen LogP contribution in [-0.4, -0.2) is 34.2 Å². The molecule has 0 rings (SSSR count). The van der Waals surface area contributed by atoms with Crippen molar-refractivity contribution >= 4 is 34.2 Å². The Labute approximate surface area is 44.1 Å². The fourth-order valence-corrected chi connectivity index (χ4v) is 0. The molecule has 0 heterocycles. The molecule has 0 fully saturated rings. The van der Waals surface area contributed by atoms with Crippen molar-refractivity contribution in [3.63, 3.8) is 0 Å². The molecule has 0 aromatic carbocycles. The van der Waals surface area contributed by atoms with Crippen LogP contribution in [0, 0.1) is 0 Å². The van der Waals surface area contributed by atoms with E-state index in [-0.39, 0.29) is 27.9 Å². The summed E-state index contributed by atoms with van der Waals surface area (Å²) in [5.74, 6) is 0. The van der Waals surface area contributed by atoms with Gasteiger partial charge in [-0.15, -0.1) is 0 Å². The Kier molecular flexibility index (Phi) is 2.55. The molecule has 0 saturated carbocycles. The number of carbonyl (C=O) groups is 2. The molecule has 0 aromatic rings. The fraction of sp³-hybridized carbons (Fsp3) is 0. The summed E-state index contributed by atoms with van der Waals surface area (Å²) in [6.07, 6.45) is 0.371. The van der Waals surface area contributed by atoms with Crippen molar-refractivity contribution in [1.29, 1.82) is 0 Å². The monoisotopic (exact) mass is 174 g/mol. The van der Waals surface area contributed by atoms with Crippen LogP contribution in [0.4, 0.5) is 0 Å². The van der Waals surface area contributed by atoms with E-state index in [2.05, 4.69) is 0 Å². The predicted molar refractivity (Wildman–Crippen MR) is 19.6 cm³/mol. The van der Waals surface area contributed by atoms with Gasteiger partial charge in [0.1, 0.15) is 0 Å². The van der Waals surface area contributed by atoms with Crippen LogP contribution in [0.5, 0.6) is 0 Å². The summed E-state index contributed by atoms with van der Waals surface area (Å²) in [5, 5.41) is 0. The van der Waals surface area contributed by atoms with Crippen molar-refractivity contribution in [2.45, 2.75) is 0 Å². The predicted octanol–water partition coefficient (Wildman–Crippen LogP) is -1.66. The zero-order valence-corrected chi connectivity index (χ0v) is 8.60. The van der Waals surface area contributed by atoms with E-state index < -0.39 is 0 Å². The van der Waals surface area contributed by atoms with Crippen LogP contribution in [0.1, 0.15) is 0 Å². The van der Waals surface area contributed by atoms with E-state index in [4.69, 9.17) is 0 Å². The normalized spacial score (nSPS) is 6.40. The molecule has 0 amide bonds. The number of carbonyl (C=O) groups excluding carboxylic acids is 2. The Morgan fingerprint density at radius 2 is 2.00 bits per heavy atom. The van der Waals surface area contributed by atoms with Crippen molar-refractivity contribution < 1.29 is 9.59 Å². The second-order valence-electron chi connectivity index (χ2n) is 0.729. The van der Waals surface area contributed by atoms with E-state index in [1.54, 1.807) is 0 Å². The van der Waals surface area contributed by atoms with Gasteiger partial charge in [0.2, 0.25) is 0 Å². The second-order valence-corrected chi connectivity index (χ2v) is 3.54. The van der Waals surface area contributed by atoms with Gasteiger partial charge in [0.05, 0.1) is 0 Å². The van der Waals surface area contributed by atoms with Crippen molar-refractivity contribution in [1.82, 2.24) is 0 Å². The van der Waals surface area contributed by atoms with E-state index in [0.717, 1.165) is 0 Å². The summed E-state index contributed by atoms with van der Waals surface area (Å²) in [6, 6.07) is 0. The molecule has 0 N–H and O–H groups in total. The molecule has 2 nitrogen and oxygen atoms in total. The van der Waals surface area contributed by atoms with Gasteiger partial charge in [-0.3, -0.25) is 0 Å². The summed E-state index contributed by atoms with van der Waals surface area (Å²) in [4.78, 5) is 18.7. The maximum atomic E-state index is 9.54. The van der Waals surface area contributed by atoms with Crippen molar-refractivity contribution in [3.8, 4) is 0 Å². The third-order valence-electron chi connectivity index (χ3n) is 0.166. The SMILES string of the molecule is O=C[C](=O)[InH2]. The van der Waals surface area contributed by atoms with Crippen molar-refractivity contribution in [3.05, 3.63) is 0 Å². The van der Waals surface area contributed by atoms with Crippen molar-refractivity contribution in [2.24, 2.45) is 0 Å². The standard InChI is InChI=1S/C2HO2.In.2H/c3-1-2-4;;;/h1H;;;. The molecule has 0 aromatic heterocycles. The molecule has 0 saturated heterocycles. The van der Waals surface area contributed by atoms with Crippen LogP contribution in [-0.2, 0) is 9.59 Å². The molecule has 3 heteroatoms. The fourth-order valence-electron chi connectivity index (χ4n) is 0. The average molecular weight is 174 g/mol. The van der Waals surface area contributed by atoms with Gasteiger partial charge in [0, 0.05) is 0 Å². The average Bonchev–Trinajstić information content (AvgIpc) is 1.38. The molecule has 0 spiro atoms. The quantitative estimate of drug-likeness (QED) is 0.352. The number of rotatable bonds is 1. The van der Waals surface area contributed by atoms with E-state index in [1.165, 1.54) is 0 Å². The van der Waals surface area contributed by atoms with Gasteiger partial charge < -0.3 is 0 Å². The summed E-state index contributed by atoms with van der Waals surface area (Å²) >= 11 is -0.0739. The molecule has 0 unspecified atom stereocenters. The Morgan fingerprint density at radius 3 is 2.00 bits per heavy atom. The van der Waals surface area contributed by atoms with Gasteiger partial charge in [-0.1, -0.05) is 0 Å². The Bertz CT molecular complexity index is 58.7. The molecule has 0 aliphatic carbocycles. The number of hydrogen-bond acceptors (Lipinski definition) is 2. The second kappa shape index (κ2) is 2.45. The Balaban J connectivity index is 3.20. The van der Waals surface area contributed by atoms with E-state index in [0.29, 0.717) is 6.29 Å². The third kappa shape index (κ3) is 4.21. The molecule has 0 atom stereocenters. The molecule has 0 aliphatic rings. The van der Waals surface area contributed by atoms with Gasteiger partial charge in [-0.05, 0) is 0 Å². The van der Waals surface area contributed by atoms with Crippen molar-refractivity contribution in [2.75, 3.05) is 0 Å². The maximum absolute atomic E-state index is 9.54. The Morgan fingerprint density at radius 1 is 1.80 bits per heavy atom. The van der Waals surface area contributed by atoms with Crippen LogP contribution < -0.4 is 0 Å². The molecular formula is C2H3InO2. The minimum absolute atomic E-state index is 0.0739. The number of aldehydes is 1. The van der Waals surface area contributed by atoms with Crippen LogP contribution in [0.3, 0.4) is 0 Å².